The van der Waals surface area contributed by atoms with Crippen molar-refractivity contribution in [2.45, 2.75) is 0 Å². The van der Waals surface area contributed by atoms with Crippen LogP contribution in [0.4, 0.5) is 11.4 Å². The molecular weight excluding hydrogens is 780 g/mol. The number of non-ortho nitro benzene ring substituents is 2. The first-order chi connectivity index (χ1) is 18.3. The van der Waals surface area contributed by atoms with Gasteiger partial charge in [-0.2, -0.15) is 5.01 Å². The summed E-state index contributed by atoms with van der Waals surface area (Å²) in [6, 6.07) is 9.07. The van der Waals surface area contributed by atoms with Crippen molar-refractivity contribution in [3.63, 3.8) is 0 Å². The molecule has 1 aliphatic heterocycles. The van der Waals surface area contributed by atoms with Gasteiger partial charge >= 0.3 is 0 Å². The Morgan fingerprint density at radius 1 is 0.744 bits per heavy atom. The molecule has 0 N–H and O–H groups in total. The molecule has 0 aromatic heterocycles. The number of rotatable bonds is 7. The van der Waals surface area contributed by atoms with Crippen LogP contribution in [-0.2, 0) is 0 Å². The maximum Gasteiger partial charge on any atom is 0.282 e. The third kappa shape index (κ3) is 5.16. The smallest absolute Gasteiger partial charge is 0.282 e. The number of nitro benzene ring substituents is 2. The summed E-state index contributed by atoms with van der Waals surface area (Å²) in [5.41, 5.74) is -1.18. The first-order valence-corrected chi connectivity index (χ1v) is 13.6. The average Bonchev–Trinajstić information content (AvgIpc) is 3.18. The Morgan fingerprint density at radius 2 is 1.26 bits per heavy atom. The maximum absolute atomic E-state index is 13.6. The van der Waals surface area contributed by atoms with E-state index in [9.17, 15) is 39.4 Å². The van der Waals surface area contributed by atoms with E-state index in [1.165, 1.54) is 18.2 Å². The molecule has 0 fully saturated rings. The van der Waals surface area contributed by atoms with Gasteiger partial charge in [0.15, 0.2) is 5.78 Å². The van der Waals surface area contributed by atoms with Crippen molar-refractivity contribution in [3.05, 3.63) is 109 Å². The Balaban J connectivity index is 1.82. The number of hydrogen-bond donors (Lipinski definition) is 0. The lowest BCUT2D eigenvalue weighted by Gasteiger charge is -2.29. The van der Waals surface area contributed by atoms with Gasteiger partial charge in [0.2, 0.25) is 0 Å². The number of nitro groups is 2. The second-order valence-electron chi connectivity index (χ2n) is 7.83. The van der Waals surface area contributed by atoms with Crippen molar-refractivity contribution in [2.75, 3.05) is 6.54 Å². The standard InChI is InChI=1S/C23H10Br4N4O8/c24-17-15-16(18(25)20(27)19(17)26)23(35)29(22(15)34)28(21(33)10-4-6-12(7-5-10)30(36)37)9-14(32)11-2-1-3-13(8-11)31(38)39/h1-8H,9H2. The van der Waals surface area contributed by atoms with E-state index in [2.05, 4.69) is 63.7 Å². The molecule has 0 unspecified atom stereocenters. The summed E-state index contributed by atoms with van der Waals surface area (Å²) in [4.78, 5) is 74.8. The quantitative estimate of drug-likeness (QED) is 0.0695. The highest BCUT2D eigenvalue weighted by molar-refractivity contribution is 9.15. The van der Waals surface area contributed by atoms with Gasteiger partial charge in [-0.3, -0.25) is 39.4 Å². The largest absolute Gasteiger partial charge is 0.292 e. The zero-order valence-electron chi connectivity index (χ0n) is 18.9. The van der Waals surface area contributed by atoms with Gasteiger partial charge in [-0.25, -0.2) is 5.01 Å². The zero-order valence-corrected chi connectivity index (χ0v) is 25.2. The molecule has 3 aromatic rings. The predicted molar refractivity (Wildman–Crippen MR) is 149 cm³/mol. The van der Waals surface area contributed by atoms with Crippen LogP contribution >= 0.6 is 63.7 Å². The molecule has 4 rings (SSSR count). The van der Waals surface area contributed by atoms with Gasteiger partial charge in [0.1, 0.15) is 6.54 Å². The number of hydrazine groups is 1. The monoisotopic (exact) mass is 786 g/mol. The van der Waals surface area contributed by atoms with E-state index in [4.69, 9.17) is 0 Å². The van der Waals surface area contributed by atoms with E-state index < -0.39 is 39.9 Å². The number of amides is 3. The van der Waals surface area contributed by atoms with Crippen LogP contribution in [0.1, 0.15) is 41.4 Å². The molecule has 0 spiro atoms. The summed E-state index contributed by atoms with van der Waals surface area (Å²) in [5.74, 6) is -3.68. The summed E-state index contributed by atoms with van der Waals surface area (Å²) < 4.78 is 1.22. The first kappa shape index (κ1) is 28.7. The third-order valence-corrected chi connectivity index (χ3v) is 10.3. The second-order valence-corrected chi connectivity index (χ2v) is 11.0. The van der Waals surface area contributed by atoms with E-state index in [0.29, 0.717) is 19.0 Å². The molecule has 12 nitrogen and oxygen atoms in total. The predicted octanol–water partition coefficient (Wildman–Crippen LogP) is 6.09. The number of Topliss-reactive ketones (excluding diaryl/α,β-unsaturated/α-hetero) is 1. The van der Waals surface area contributed by atoms with Gasteiger partial charge in [0, 0.05) is 53.3 Å². The molecule has 0 atom stereocenters. The average molecular weight is 790 g/mol. The number of fused-ring (bicyclic) bond motifs is 1. The molecule has 0 saturated carbocycles. The molecule has 1 heterocycles. The molecule has 0 bridgehead atoms. The van der Waals surface area contributed by atoms with Crippen molar-refractivity contribution in [3.8, 4) is 0 Å². The topological polar surface area (TPSA) is 161 Å². The molecule has 0 saturated heterocycles. The number of imide groups is 1. The Morgan fingerprint density at radius 3 is 1.74 bits per heavy atom. The van der Waals surface area contributed by atoms with Gasteiger partial charge in [-0.1, -0.05) is 12.1 Å². The fraction of sp³-hybridized carbons (Fsp3) is 0.0435. The van der Waals surface area contributed by atoms with Crippen LogP contribution in [0.5, 0.6) is 0 Å². The van der Waals surface area contributed by atoms with E-state index in [0.717, 1.165) is 30.3 Å². The van der Waals surface area contributed by atoms with Crippen LogP contribution in [0.15, 0.2) is 66.4 Å². The zero-order chi connectivity index (χ0) is 28.8. The van der Waals surface area contributed by atoms with Crippen LogP contribution in [-0.4, -0.2) is 49.9 Å². The molecule has 1 aliphatic rings. The van der Waals surface area contributed by atoms with Crippen LogP contribution in [0.25, 0.3) is 0 Å². The van der Waals surface area contributed by atoms with Crippen molar-refractivity contribution < 1.29 is 29.0 Å². The number of nitrogens with zero attached hydrogens (tertiary/aromatic N) is 4. The lowest BCUT2D eigenvalue weighted by Crippen LogP contribution is -2.51. The first-order valence-electron chi connectivity index (χ1n) is 10.4. The summed E-state index contributed by atoms with van der Waals surface area (Å²) in [7, 11) is 0. The normalized spacial score (nSPS) is 12.4. The molecule has 16 heteroatoms. The summed E-state index contributed by atoms with van der Waals surface area (Å²) in [6.07, 6.45) is 0. The Kier molecular flexibility index (Phi) is 8.11. The van der Waals surface area contributed by atoms with E-state index >= 15 is 0 Å². The highest BCUT2D eigenvalue weighted by atomic mass is 79.9. The molecule has 0 radical (unpaired) electrons. The van der Waals surface area contributed by atoms with Crippen molar-refractivity contribution in [2.24, 2.45) is 0 Å². The van der Waals surface area contributed by atoms with Gasteiger partial charge in [-0.15, -0.1) is 0 Å². The van der Waals surface area contributed by atoms with E-state index in [1.807, 2.05) is 0 Å². The lowest BCUT2D eigenvalue weighted by atomic mass is 10.1. The number of carbonyl (C=O) groups excluding carboxylic acids is 4. The van der Waals surface area contributed by atoms with Gasteiger partial charge in [0.05, 0.1) is 21.0 Å². The molecule has 39 heavy (non-hydrogen) atoms. The van der Waals surface area contributed by atoms with Crippen LogP contribution in [0.2, 0.25) is 0 Å². The lowest BCUT2D eigenvalue weighted by molar-refractivity contribution is -0.385. The number of hydrogen-bond acceptors (Lipinski definition) is 8. The minimum absolute atomic E-state index is 0.0914. The summed E-state index contributed by atoms with van der Waals surface area (Å²) in [5, 5.41) is 23.3. The second kappa shape index (κ2) is 11.0. The number of carbonyl (C=O) groups is 4. The number of benzene rings is 3. The molecule has 198 valence electrons. The van der Waals surface area contributed by atoms with Crippen molar-refractivity contribution in [1.82, 2.24) is 10.0 Å². The summed E-state index contributed by atoms with van der Waals surface area (Å²) >= 11 is 13.2. The Labute approximate surface area is 251 Å². The fourth-order valence-electron chi connectivity index (χ4n) is 3.68. The molecular formula is C23H10Br4N4O8. The van der Waals surface area contributed by atoms with E-state index in [-0.39, 0.29) is 42.6 Å². The van der Waals surface area contributed by atoms with Crippen molar-refractivity contribution >= 4 is 98.6 Å². The number of ketones is 1. The van der Waals surface area contributed by atoms with Crippen LogP contribution in [0.3, 0.4) is 0 Å². The minimum Gasteiger partial charge on any atom is -0.292 e. The highest BCUT2D eigenvalue weighted by Gasteiger charge is 2.46. The van der Waals surface area contributed by atoms with Crippen LogP contribution in [0, 0.1) is 20.2 Å². The van der Waals surface area contributed by atoms with Crippen molar-refractivity contribution in [1.29, 1.82) is 0 Å². The van der Waals surface area contributed by atoms with Crippen LogP contribution < -0.4 is 0 Å². The Hall–Kier alpha value is -3.34. The molecule has 0 aliphatic carbocycles. The Bertz CT molecular complexity index is 1580. The van der Waals surface area contributed by atoms with Gasteiger partial charge in [-0.05, 0) is 75.9 Å². The highest BCUT2D eigenvalue weighted by Crippen LogP contribution is 2.45. The summed E-state index contributed by atoms with van der Waals surface area (Å²) in [6.45, 7) is -0.861. The third-order valence-electron chi connectivity index (χ3n) is 5.55. The van der Waals surface area contributed by atoms with Gasteiger partial charge in [0.25, 0.3) is 29.1 Å². The number of halogens is 4. The fourth-order valence-corrected chi connectivity index (χ4v) is 6.14. The maximum atomic E-state index is 13.6. The SMILES string of the molecule is O=C(CN(C(=O)c1ccc([N+](=O)[O-])cc1)N1C(=O)c2c(Br)c(Br)c(Br)c(Br)c2C1=O)c1cccc([N+](=O)[O-])c1. The molecule has 3 aromatic carbocycles. The molecule has 3 amide bonds. The van der Waals surface area contributed by atoms with Gasteiger partial charge < -0.3 is 0 Å². The van der Waals surface area contributed by atoms with E-state index in [1.54, 1.807) is 0 Å². The minimum atomic E-state index is -0.997.